The fourth-order valence-electron chi connectivity index (χ4n) is 2.89. The van der Waals surface area contributed by atoms with Crippen LogP contribution >= 0.6 is 0 Å². The van der Waals surface area contributed by atoms with Gasteiger partial charge in [-0.1, -0.05) is 12.8 Å². The van der Waals surface area contributed by atoms with Crippen molar-refractivity contribution < 1.29 is 4.74 Å². The molecule has 1 N–H and O–H groups in total. The van der Waals surface area contributed by atoms with Gasteiger partial charge in [-0.05, 0) is 37.5 Å². The standard InChI is InChI=1S/C14H24N2O/c1-17-9-8-14(6-7-14)11-16-13-5-3-2-4-12(13)10-15/h12-13,16H,2-9,11H2,1H3. The van der Waals surface area contributed by atoms with Crippen LogP contribution in [0.3, 0.4) is 0 Å². The second-order valence-corrected chi connectivity index (χ2v) is 5.75. The molecule has 0 bridgehead atoms. The van der Waals surface area contributed by atoms with Gasteiger partial charge in [-0.25, -0.2) is 0 Å². The zero-order valence-corrected chi connectivity index (χ0v) is 10.9. The van der Waals surface area contributed by atoms with Crippen LogP contribution in [0.25, 0.3) is 0 Å². The Kier molecular flexibility index (Phi) is 4.42. The first kappa shape index (κ1) is 12.9. The predicted molar refractivity (Wildman–Crippen MR) is 67.5 cm³/mol. The van der Waals surface area contributed by atoms with E-state index in [0.717, 1.165) is 19.6 Å². The first-order valence-corrected chi connectivity index (χ1v) is 6.92. The minimum Gasteiger partial charge on any atom is -0.385 e. The Hall–Kier alpha value is -0.590. The highest BCUT2D eigenvalue weighted by atomic mass is 16.5. The molecule has 0 aliphatic heterocycles. The molecule has 3 nitrogen and oxygen atoms in total. The predicted octanol–water partition coefficient (Wildman–Crippen LogP) is 2.48. The maximum atomic E-state index is 9.14. The summed E-state index contributed by atoms with van der Waals surface area (Å²) in [4.78, 5) is 0. The number of nitriles is 1. The van der Waals surface area contributed by atoms with Crippen LogP contribution in [-0.2, 0) is 4.74 Å². The van der Waals surface area contributed by atoms with Crippen LogP contribution in [0.4, 0.5) is 0 Å². The highest BCUT2D eigenvalue weighted by Crippen LogP contribution is 2.48. The first-order chi connectivity index (χ1) is 8.29. The summed E-state index contributed by atoms with van der Waals surface area (Å²) in [5.74, 6) is 0.238. The van der Waals surface area contributed by atoms with E-state index in [4.69, 9.17) is 10.00 Å². The molecule has 3 heteroatoms. The number of rotatable bonds is 6. The molecule has 0 spiro atoms. The fourth-order valence-corrected chi connectivity index (χ4v) is 2.89. The van der Waals surface area contributed by atoms with Crippen LogP contribution in [0.1, 0.15) is 44.9 Å². The summed E-state index contributed by atoms with van der Waals surface area (Å²) in [7, 11) is 1.77. The minimum absolute atomic E-state index is 0.238. The van der Waals surface area contributed by atoms with Crippen LogP contribution in [0.15, 0.2) is 0 Å². The van der Waals surface area contributed by atoms with Gasteiger partial charge in [0.05, 0.1) is 12.0 Å². The molecule has 2 atom stereocenters. The molecule has 0 aromatic heterocycles. The quantitative estimate of drug-likeness (QED) is 0.770. The number of hydrogen-bond acceptors (Lipinski definition) is 3. The first-order valence-electron chi connectivity index (χ1n) is 6.92. The third kappa shape index (κ3) is 3.43. The second kappa shape index (κ2) is 5.84. The summed E-state index contributed by atoms with van der Waals surface area (Å²) in [6.07, 6.45) is 8.59. The lowest BCUT2D eigenvalue weighted by molar-refractivity contribution is 0.167. The molecule has 2 fully saturated rings. The molecule has 96 valence electrons. The zero-order valence-electron chi connectivity index (χ0n) is 10.9. The lowest BCUT2D eigenvalue weighted by atomic mass is 9.85. The Balaban J connectivity index is 1.75. The molecule has 0 aromatic carbocycles. The van der Waals surface area contributed by atoms with Crippen molar-refractivity contribution in [3.05, 3.63) is 0 Å². The molecular formula is C14H24N2O. The number of nitrogens with zero attached hydrogens (tertiary/aromatic N) is 1. The van der Waals surface area contributed by atoms with Crippen molar-refractivity contribution in [2.24, 2.45) is 11.3 Å². The van der Waals surface area contributed by atoms with E-state index in [-0.39, 0.29) is 5.92 Å². The smallest absolute Gasteiger partial charge is 0.0672 e. The average Bonchev–Trinajstić information content (AvgIpc) is 3.15. The summed E-state index contributed by atoms with van der Waals surface area (Å²) in [6, 6.07) is 2.91. The Labute approximate surface area is 105 Å². The van der Waals surface area contributed by atoms with Gasteiger partial charge in [-0.2, -0.15) is 5.26 Å². The van der Waals surface area contributed by atoms with Gasteiger partial charge in [-0.3, -0.25) is 0 Å². The monoisotopic (exact) mass is 236 g/mol. The molecule has 2 rings (SSSR count). The summed E-state index contributed by atoms with van der Waals surface area (Å²) in [5.41, 5.74) is 0.494. The highest BCUT2D eigenvalue weighted by Gasteiger charge is 2.42. The molecule has 2 aliphatic carbocycles. The maximum absolute atomic E-state index is 9.14. The van der Waals surface area contributed by atoms with Gasteiger partial charge in [-0.15, -0.1) is 0 Å². The molecule has 2 aliphatic rings. The van der Waals surface area contributed by atoms with E-state index in [0.29, 0.717) is 11.5 Å². The highest BCUT2D eigenvalue weighted by molar-refractivity contribution is 4.99. The van der Waals surface area contributed by atoms with Crippen molar-refractivity contribution in [1.29, 1.82) is 5.26 Å². The van der Waals surface area contributed by atoms with Crippen LogP contribution < -0.4 is 5.32 Å². The topological polar surface area (TPSA) is 45.0 Å². The third-order valence-corrected chi connectivity index (χ3v) is 4.46. The molecule has 0 radical (unpaired) electrons. The molecule has 2 saturated carbocycles. The molecule has 2 unspecified atom stereocenters. The van der Waals surface area contributed by atoms with Crippen molar-refractivity contribution >= 4 is 0 Å². The van der Waals surface area contributed by atoms with E-state index in [9.17, 15) is 0 Å². The van der Waals surface area contributed by atoms with Crippen LogP contribution in [0.5, 0.6) is 0 Å². The molecule has 0 saturated heterocycles. The van der Waals surface area contributed by atoms with Gasteiger partial charge < -0.3 is 10.1 Å². The van der Waals surface area contributed by atoms with Gasteiger partial charge in [0.15, 0.2) is 0 Å². The van der Waals surface area contributed by atoms with E-state index in [1.165, 1.54) is 38.5 Å². The summed E-state index contributed by atoms with van der Waals surface area (Å²) in [6.45, 7) is 1.95. The van der Waals surface area contributed by atoms with Crippen molar-refractivity contribution in [1.82, 2.24) is 5.32 Å². The van der Waals surface area contributed by atoms with Gasteiger partial charge in [0, 0.05) is 26.3 Å². The normalized spacial score (nSPS) is 30.8. The number of hydrogen-bond donors (Lipinski definition) is 1. The van der Waals surface area contributed by atoms with Crippen molar-refractivity contribution in [3.8, 4) is 6.07 Å². The maximum Gasteiger partial charge on any atom is 0.0672 e. The Morgan fingerprint density at radius 3 is 2.76 bits per heavy atom. The van der Waals surface area contributed by atoms with E-state index in [2.05, 4.69) is 11.4 Å². The number of nitrogens with one attached hydrogen (secondary N) is 1. The van der Waals surface area contributed by atoms with E-state index >= 15 is 0 Å². The molecule has 0 heterocycles. The molecule has 0 amide bonds. The third-order valence-electron chi connectivity index (χ3n) is 4.46. The average molecular weight is 236 g/mol. The van der Waals surface area contributed by atoms with E-state index in [1.54, 1.807) is 7.11 Å². The van der Waals surface area contributed by atoms with Gasteiger partial charge in [0.25, 0.3) is 0 Å². The SMILES string of the molecule is COCCC1(CNC2CCCCC2C#N)CC1. The van der Waals surface area contributed by atoms with Gasteiger partial charge >= 0.3 is 0 Å². The summed E-state index contributed by atoms with van der Waals surface area (Å²) < 4.78 is 5.17. The zero-order chi connectivity index (χ0) is 12.1. The Morgan fingerprint density at radius 1 is 1.35 bits per heavy atom. The Bertz CT molecular complexity index is 280. The molecule has 0 aromatic rings. The van der Waals surface area contributed by atoms with Crippen LogP contribution in [-0.4, -0.2) is 26.3 Å². The number of methoxy groups -OCH3 is 1. The van der Waals surface area contributed by atoms with Gasteiger partial charge in [0.1, 0.15) is 0 Å². The number of ether oxygens (including phenoxy) is 1. The fraction of sp³-hybridized carbons (Fsp3) is 0.929. The summed E-state index contributed by atoms with van der Waals surface area (Å²) >= 11 is 0. The second-order valence-electron chi connectivity index (χ2n) is 5.75. The molecular weight excluding hydrogens is 212 g/mol. The van der Waals surface area contributed by atoms with Crippen LogP contribution in [0, 0.1) is 22.7 Å². The minimum atomic E-state index is 0.238. The summed E-state index contributed by atoms with van der Waals surface area (Å²) in [5, 5.41) is 12.8. The van der Waals surface area contributed by atoms with Crippen molar-refractivity contribution in [2.75, 3.05) is 20.3 Å². The van der Waals surface area contributed by atoms with E-state index < -0.39 is 0 Å². The lowest BCUT2D eigenvalue weighted by Gasteiger charge is -2.29. The van der Waals surface area contributed by atoms with Crippen molar-refractivity contribution in [2.45, 2.75) is 51.0 Å². The van der Waals surface area contributed by atoms with Crippen LogP contribution in [0.2, 0.25) is 0 Å². The van der Waals surface area contributed by atoms with Gasteiger partial charge in [0.2, 0.25) is 0 Å². The van der Waals surface area contributed by atoms with E-state index in [1.807, 2.05) is 0 Å². The molecule has 17 heavy (non-hydrogen) atoms. The van der Waals surface area contributed by atoms with Crippen molar-refractivity contribution in [3.63, 3.8) is 0 Å². The lowest BCUT2D eigenvalue weighted by Crippen LogP contribution is -2.41. The largest absolute Gasteiger partial charge is 0.385 e. The Morgan fingerprint density at radius 2 is 2.12 bits per heavy atom.